The number of rotatable bonds is 5. The molecule has 0 aliphatic carbocycles. The monoisotopic (exact) mass is 342 g/mol. The molecule has 0 spiro atoms. The Labute approximate surface area is 148 Å². The lowest BCUT2D eigenvalue weighted by molar-refractivity contribution is -0.126. The highest BCUT2D eigenvalue weighted by atomic mass is 35.5. The summed E-state index contributed by atoms with van der Waals surface area (Å²) < 4.78 is 0. The van der Waals surface area contributed by atoms with E-state index in [0.29, 0.717) is 6.54 Å². The zero-order valence-electron chi connectivity index (χ0n) is 13.7. The Morgan fingerprint density at radius 1 is 1.12 bits per heavy atom. The highest BCUT2D eigenvalue weighted by molar-refractivity contribution is 6.31. The Bertz CT molecular complexity index is 674. The predicted molar refractivity (Wildman–Crippen MR) is 97.7 cm³/mol. The van der Waals surface area contributed by atoms with Crippen molar-refractivity contribution in [2.24, 2.45) is 5.92 Å². The van der Waals surface area contributed by atoms with Crippen LogP contribution in [0.3, 0.4) is 0 Å². The Morgan fingerprint density at radius 2 is 1.88 bits per heavy atom. The van der Waals surface area contributed by atoms with E-state index in [9.17, 15) is 4.79 Å². The van der Waals surface area contributed by atoms with Gasteiger partial charge in [0.05, 0.1) is 5.92 Å². The molecule has 1 heterocycles. The van der Waals surface area contributed by atoms with Gasteiger partial charge in [0.15, 0.2) is 0 Å². The van der Waals surface area contributed by atoms with Crippen LogP contribution in [0.2, 0.25) is 5.02 Å². The zero-order chi connectivity index (χ0) is 16.8. The van der Waals surface area contributed by atoms with Crippen LogP contribution >= 0.6 is 11.6 Å². The Kier molecular flexibility index (Phi) is 5.89. The highest BCUT2D eigenvalue weighted by Crippen LogP contribution is 2.22. The number of nitrogens with zero attached hydrogens (tertiary/aromatic N) is 1. The average Bonchev–Trinajstić information content (AvgIpc) is 2.63. The van der Waals surface area contributed by atoms with E-state index in [1.54, 1.807) is 0 Å². The van der Waals surface area contributed by atoms with Crippen LogP contribution in [0, 0.1) is 5.92 Å². The molecule has 1 unspecified atom stereocenters. The summed E-state index contributed by atoms with van der Waals surface area (Å²) in [5.41, 5.74) is 2.26. The minimum Gasteiger partial charge on any atom is -0.352 e. The molecule has 4 heteroatoms. The van der Waals surface area contributed by atoms with Gasteiger partial charge in [0.25, 0.3) is 0 Å². The lowest BCUT2D eigenvalue weighted by Crippen LogP contribution is -2.42. The van der Waals surface area contributed by atoms with Crippen LogP contribution in [-0.2, 0) is 17.9 Å². The average molecular weight is 343 g/mol. The molecule has 1 atom stereocenters. The molecule has 24 heavy (non-hydrogen) atoms. The van der Waals surface area contributed by atoms with E-state index < -0.39 is 0 Å². The van der Waals surface area contributed by atoms with Crippen molar-refractivity contribution in [2.45, 2.75) is 25.9 Å². The van der Waals surface area contributed by atoms with Crippen molar-refractivity contribution >= 4 is 17.5 Å². The van der Waals surface area contributed by atoms with Crippen LogP contribution in [0.4, 0.5) is 0 Å². The molecular weight excluding hydrogens is 320 g/mol. The predicted octanol–water partition coefficient (Wildman–Crippen LogP) is 3.87. The van der Waals surface area contributed by atoms with E-state index >= 15 is 0 Å². The summed E-state index contributed by atoms with van der Waals surface area (Å²) in [6.07, 6.45) is 2.01. The molecule has 1 fully saturated rings. The number of amides is 1. The maximum Gasteiger partial charge on any atom is 0.224 e. The van der Waals surface area contributed by atoms with E-state index in [2.05, 4.69) is 16.3 Å². The fourth-order valence-electron chi connectivity index (χ4n) is 3.21. The fourth-order valence-corrected chi connectivity index (χ4v) is 3.41. The van der Waals surface area contributed by atoms with E-state index in [1.807, 2.05) is 48.5 Å². The van der Waals surface area contributed by atoms with Gasteiger partial charge in [0.1, 0.15) is 0 Å². The number of benzene rings is 2. The first-order valence-electron chi connectivity index (χ1n) is 8.50. The molecule has 0 aromatic heterocycles. The van der Waals surface area contributed by atoms with Crippen LogP contribution in [0.15, 0.2) is 54.6 Å². The van der Waals surface area contributed by atoms with Crippen molar-refractivity contribution in [3.8, 4) is 0 Å². The van der Waals surface area contributed by atoms with Gasteiger partial charge in [-0.25, -0.2) is 0 Å². The lowest BCUT2D eigenvalue weighted by atomic mass is 9.96. The summed E-state index contributed by atoms with van der Waals surface area (Å²) in [6.45, 7) is 3.22. The van der Waals surface area contributed by atoms with Crippen molar-refractivity contribution in [2.75, 3.05) is 13.1 Å². The number of likely N-dealkylation sites (tertiary alicyclic amines) is 1. The Balaban J connectivity index is 1.53. The molecule has 1 saturated heterocycles. The second kappa shape index (κ2) is 8.32. The molecule has 0 radical (unpaired) electrons. The first-order valence-corrected chi connectivity index (χ1v) is 8.87. The topological polar surface area (TPSA) is 32.3 Å². The maximum absolute atomic E-state index is 12.5. The molecule has 1 aliphatic rings. The van der Waals surface area contributed by atoms with Gasteiger partial charge < -0.3 is 5.32 Å². The quantitative estimate of drug-likeness (QED) is 0.894. The SMILES string of the molecule is O=C(NCc1ccccc1)C1CCCN(Cc2ccccc2Cl)C1. The van der Waals surface area contributed by atoms with E-state index in [4.69, 9.17) is 11.6 Å². The summed E-state index contributed by atoms with van der Waals surface area (Å²) >= 11 is 6.25. The molecule has 0 bridgehead atoms. The number of halogens is 1. The van der Waals surface area contributed by atoms with E-state index in [-0.39, 0.29) is 11.8 Å². The molecule has 0 saturated carbocycles. The maximum atomic E-state index is 12.5. The van der Waals surface area contributed by atoms with Crippen molar-refractivity contribution in [3.63, 3.8) is 0 Å². The van der Waals surface area contributed by atoms with E-state index in [0.717, 1.165) is 48.6 Å². The van der Waals surface area contributed by atoms with Crippen molar-refractivity contribution in [3.05, 3.63) is 70.7 Å². The third-order valence-electron chi connectivity index (χ3n) is 4.54. The molecule has 2 aromatic rings. The van der Waals surface area contributed by atoms with Gasteiger partial charge in [-0.1, -0.05) is 60.1 Å². The van der Waals surface area contributed by atoms with Crippen LogP contribution in [0.5, 0.6) is 0 Å². The van der Waals surface area contributed by atoms with Gasteiger partial charge >= 0.3 is 0 Å². The fraction of sp³-hybridized carbons (Fsp3) is 0.350. The van der Waals surface area contributed by atoms with Gasteiger partial charge in [-0.2, -0.15) is 0 Å². The number of piperidine rings is 1. The number of hydrogen-bond acceptors (Lipinski definition) is 2. The van der Waals surface area contributed by atoms with Crippen LogP contribution < -0.4 is 5.32 Å². The molecule has 1 amide bonds. The van der Waals surface area contributed by atoms with Crippen molar-refractivity contribution < 1.29 is 4.79 Å². The summed E-state index contributed by atoms with van der Waals surface area (Å²) in [5, 5.41) is 3.87. The van der Waals surface area contributed by atoms with Gasteiger partial charge in [0.2, 0.25) is 5.91 Å². The number of nitrogens with one attached hydrogen (secondary N) is 1. The standard InChI is InChI=1S/C20H23ClN2O/c21-19-11-5-4-9-17(19)14-23-12-6-10-18(15-23)20(24)22-13-16-7-2-1-3-8-16/h1-5,7-9,11,18H,6,10,12-15H2,(H,22,24). The highest BCUT2D eigenvalue weighted by Gasteiger charge is 2.25. The summed E-state index contributed by atoms with van der Waals surface area (Å²) in [4.78, 5) is 14.8. The van der Waals surface area contributed by atoms with Crippen LogP contribution in [0.25, 0.3) is 0 Å². The molecule has 3 rings (SSSR count). The van der Waals surface area contributed by atoms with Gasteiger partial charge in [0, 0.05) is 24.7 Å². The second-order valence-corrected chi connectivity index (χ2v) is 6.78. The smallest absolute Gasteiger partial charge is 0.224 e. The normalized spacial score (nSPS) is 18.3. The van der Waals surface area contributed by atoms with Crippen molar-refractivity contribution in [1.29, 1.82) is 0 Å². The van der Waals surface area contributed by atoms with Crippen LogP contribution in [-0.4, -0.2) is 23.9 Å². The minimum atomic E-state index is 0.0601. The first kappa shape index (κ1) is 17.0. The molecule has 2 aromatic carbocycles. The van der Waals surface area contributed by atoms with Gasteiger partial charge in [-0.15, -0.1) is 0 Å². The van der Waals surface area contributed by atoms with Gasteiger partial charge in [-0.3, -0.25) is 9.69 Å². The molecule has 126 valence electrons. The third-order valence-corrected chi connectivity index (χ3v) is 4.91. The summed E-state index contributed by atoms with van der Waals surface area (Å²) in [7, 11) is 0. The molecule has 1 aliphatic heterocycles. The largest absolute Gasteiger partial charge is 0.352 e. The number of carbonyl (C=O) groups is 1. The molecule has 3 nitrogen and oxygen atoms in total. The zero-order valence-corrected chi connectivity index (χ0v) is 14.5. The lowest BCUT2D eigenvalue weighted by Gasteiger charge is -2.32. The number of carbonyl (C=O) groups excluding carboxylic acids is 1. The van der Waals surface area contributed by atoms with Gasteiger partial charge in [-0.05, 0) is 36.6 Å². The van der Waals surface area contributed by atoms with E-state index in [1.165, 1.54) is 0 Å². The minimum absolute atomic E-state index is 0.0601. The summed E-state index contributed by atoms with van der Waals surface area (Å²) in [6, 6.07) is 18.0. The first-order chi connectivity index (χ1) is 11.7. The Hall–Kier alpha value is -1.84. The molecular formula is C20H23ClN2O. The Morgan fingerprint density at radius 3 is 2.67 bits per heavy atom. The number of hydrogen-bond donors (Lipinski definition) is 1. The summed E-state index contributed by atoms with van der Waals surface area (Å²) in [5.74, 6) is 0.215. The van der Waals surface area contributed by atoms with Crippen molar-refractivity contribution in [1.82, 2.24) is 10.2 Å². The third kappa shape index (κ3) is 4.59. The molecule has 1 N–H and O–H groups in total. The second-order valence-electron chi connectivity index (χ2n) is 6.37. The van der Waals surface area contributed by atoms with Crippen LogP contribution in [0.1, 0.15) is 24.0 Å².